The second kappa shape index (κ2) is 8.14. The Labute approximate surface area is 133 Å². The zero-order valence-corrected chi connectivity index (χ0v) is 12.4. The summed E-state index contributed by atoms with van der Waals surface area (Å²) >= 11 is 0. The van der Waals surface area contributed by atoms with E-state index in [1.807, 2.05) is 6.07 Å². The van der Waals surface area contributed by atoms with E-state index in [4.69, 9.17) is 9.84 Å². The van der Waals surface area contributed by atoms with Crippen molar-refractivity contribution in [1.82, 2.24) is 0 Å². The minimum Gasteiger partial charge on any atom is -0.505 e. The van der Waals surface area contributed by atoms with Crippen LogP contribution in [0.25, 0.3) is 0 Å². The van der Waals surface area contributed by atoms with Crippen molar-refractivity contribution >= 4 is 11.8 Å². The zero-order chi connectivity index (χ0) is 16.7. The molecule has 0 spiro atoms. The molecule has 23 heavy (non-hydrogen) atoms. The molecule has 0 saturated heterocycles. The van der Waals surface area contributed by atoms with Crippen molar-refractivity contribution in [2.24, 2.45) is 0 Å². The van der Waals surface area contributed by atoms with Gasteiger partial charge in [0.2, 0.25) is 0 Å². The molecule has 0 radical (unpaired) electrons. The van der Waals surface area contributed by atoms with Crippen LogP contribution < -0.4 is 5.32 Å². The van der Waals surface area contributed by atoms with Gasteiger partial charge in [-0.2, -0.15) is 0 Å². The van der Waals surface area contributed by atoms with Gasteiger partial charge in [0.25, 0.3) is 0 Å². The lowest BCUT2D eigenvalue weighted by atomic mass is 10.0. The molecule has 6 heteroatoms. The topological polar surface area (TPSA) is 78.8 Å². The quantitative estimate of drug-likeness (QED) is 0.760. The maximum Gasteiger partial charge on any atom is 0.412 e. The summed E-state index contributed by atoms with van der Waals surface area (Å²) in [5.41, 5.74) is 0.993. The Bertz CT molecular complexity index is 648. The smallest absolute Gasteiger partial charge is 0.412 e. The summed E-state index contributed by atoms with van der Waals surface area (Å²) in [4.78, 5) is 12.0. The summed E-state index contributed by atoms with van der Waals surface area (Å²) in [6, 6.07) is 12.6. The minimum atomic E-state index is -0.788. The minimum absolute atomic E-state index is 0.0687. The fourth-order valence-electron chi connectivity index (χ4n) is 2.09. The highest BCUT2D eigenvalue weighted by molar-refractivity contribution is 5.84. The van der Waals surface area contributed by atoms with E-state index in [0.717, 1.165) is 6.07 Å². The molecule has 0 fully saturated rings. The SMILES string of the molecule is O=C(Nc1ccccc1)O[C@H](CCCO)c1ccc(O)c(F)c1. The Morgan fingerprint density at radius 1 is 1.22 bits per heavy atom. The summed E-state index contributed by atoms with van der Waals surface area (Å²) in [5.74, 6) is -1.26. The first-order chi connectivity index (χ1) is 11.1. The van der Waals surface area contributed by atoms with Gasteiger partial charge in [-0.15, -0.1) is 0 Å². The van der Waals surface area contributed by atoms with Crippen molar-refractivity contribution in [1.29, 1.82) is 0 Å². The lowest BCUT2D eigenvalue weighted by Gasteiger charge is -2.18. The number of para-hydroxylation sites is 1. The third-order valence-electron chi connectivity index (χ3n) is 3.24. The number of rotatable bonds is 6. The fraction of sp³-hybridized carbons (Fsp3) is 0.235. The van der Waals surface area contributed by atoms with Gasteiger partial charge in [-0.3, -0.25) is 5.32 Å². The number of benzene rings is 2. The Kier molecular flexibility index (Phi) is 5.94. The average Bonchev–Trinajstić information content (AvgIpc) is 2.55. The fourth-order valence-corrected chi connectivity index (χ4v) is 2.09. The van der Waals surface area contributed by atoms with Crippen LogP contribution in [0.4, 0.5) is 14.9 Å². The van der Waals surface area contributed by atoms with Crippen LogP contribution in [-0.4, -0.2) is 22.9 Å². The van der Waals surface area contributed by atoms with Crippen LogP contribution in [0.3, 0.4) is 0 Å². The molecule has 1 amide bonds. The lowest BCUT2D eigenvalue weighted by Crippen LogP contribution is -2.18. The summed E-state index contributed by atoms with van der Waals surface area (Å²) in [6.45, 7) is -0.0687. The summed E-state index contributed by atoms with van der Waals surface area (Å²) in [6.07, 6.45) is -0.664. The molecule has 122 valence electrons. The number of phenolic OH excluding ortho intramolecular Hbond substituents is 1. The molecule has 0 aromatic heterocycles. The van der Waals surface area contributed by atoms with Crippen LogP contribution in [0.15, 0.2) is 48.5 Å². The van der Waals surface area contributed by atoms with Crippen molar-refractivity contribution in [2.45, 2.75) is 18.9 Å². The first-order valence-electron chi connectivity index (χ1n) is 7.22. The second-order valence-corrected chi connectivity index (χ2v) is 4.96. The molecular weight excluding hydrogens is 301 g/mol. The van der Waals surface area contributed by atoms with Crippen LogP contribution in [0.5, 0.6) is 5.75 Å². The third kappa shape index (κ3) is 4.96. The van der Waals surface area contributed by atoms with E-state index in [1.165, 1.54) is 12.1 Å². The Balaban J connectivity index is 2.08. The number of amides is 1. The normalized spacial score (nSPS) is 11.7. The molecule has 0 aliphatic heterocycles. The number of hydrogen-bond acceptors (Lipinski definition) is 4. The van der Waals surface area contributed by atoms with Gasteiger partial charge in [0, 0.05) is 12.3 Å². The lowest BCUT2D eigenvalue weighted by molar-refractivity contribution is 0.0992. The van der Waals surface area contributed by atoms with Gasteiger partial charge in [0.1, 0.15) is 6.10 Å². The highest BCUT2D eigenvalue weighted by atomic mass is 19.1. The molecule has 0 unspecified atom stereocenters. The third-order valence-corrected chi connectivity index (χ3v) is 3.24. The maximum atomic E-state index is 13.5. The van der Waals surface area contributed by atoms with E-state index >= 15 is 0 Å². The number of nitrogens with one attached hydrogen (secondary N) is 1. The first kappa shape index (κ1) is 16.8. The molecule has 1 atom stereocenters. The van der Waals surface area contributed by atoms with Crippen molar-refractivity contribution < 1.29 is 24.1 Å². The Hall–Kier alpha value is -2.60. The molecule has 2 rings (SSSR count). The van der Waals surface area contributed by atoms with E-state index in [9.17, 15) is 14.3 Å². The molecule has 0 saturated carbocycles. The number of aliphatic hydroxyl groups excluding tert-OH is 1. The zero-order valence-electron chi connectivity index (χ0n) is 12.4. The van der Waals surface area contributed by atoms with Crippen LogP contribution in [-0.2, 0) is 4.74 Å². The van der Waals surface area contributed by atoms with Crippen LogP contribution in [0, 0.1) is 5.82 Å². The Morgan fingerprint density at radius 3 is 2.61 bits per heavy atom. The number of ether oxygens (including phenoxy) is 1. The van der Waals surface area contributed by atoms with E-state index in [1.54, 1.807) is 24.3 Å². The van der Waals surface area contributed by atoms with Crippen molar-refractivity contribution in [2.75, 3.05) is 11.9 Å². The van der Waals surface area contributed by atoms with Crippen LogP contribution in [0.2, 0.25) is 0 Å². The van der Waals surface area contributed by atoms with Gasteiger partial charge in [-0.05, 0) is 42.7 Å². The number of aromatic hydroxyl groups is 1. The van der Waals surface area contributed by atoms with E-state index < -0.39 is 23.8 Å². The highest BCUT2D eigenvalue weighted by Crippen LogP contribution is 2.27. The number of phenols is 1. The maximum absolute atomic E-state index is 13.5. The monoisotopic (exact) mass is 319 g/mol. The number of carbonyl (C=O) groups excluding carboxylic acids is 1. The van der Waals surface area contributed by atoms with Crippen molar-refractivity contribution in [3.63, 3.8) is 0 Å². The number of hydrogen-bond donors (Lipinski definition) is 3. The van der Waals surface area contributed by atoms with E-state index in [0.29, 0.717) is 24.1 Å². The number of aliphatic hydroxyl groups is 1. The highest BCUT2D eigenvalue weighted by Gasteiger charge is 2.18. The van der Waals surface area contributed by atoms with Crippen molar-refractivity contribution in [3.8, 4) is 5.75 Å². The molecule has 0 aliphatic carbocycles. The molecule has 2 aromatic carbocycles. The number of carbonyl (C=O) groups is 1. The van der Waals surface area contributed by atoms with Gasteiger partial charge in [-0.1, -0.05) is 24.3 Å². The summed E-state index contributed by atoms with van der Waals surface area (Å²) in [7, 11) is 0. The van der Waals surface area contributed by atoms with E-state index in [2.05, 4.69) is 5.32 Å². The second-order valence-electron chi connectivity index (χ2n) is 4.96. The van der Waals surface area contributed by atoms with Gasteiger partial charge in [0.05, 0.1) is 0 Å². The summed E-state index contributed by atoms with van der Waals surface area (Å²) in [5, 5.41) is 20.8. The van der Waals surface area contributed by atoms with Crippen LogP contribution >= 0.6 is 0 Å². The van der Waals surface area contributed by atoms with Crippen LogP contribution in [0.1, 0.15) is 24.5 Å². The van der Waals surface area contributed by atoms with Gasteiger partial charge in [-0.25, -0.2) is 9.18 Å². The average molecular weight is 319 g/mol. The van der Waals surface area contributed by atoms with Crippen molar-refractivity contribution in [3.05, 3.63) is 59.9 Å². The predicted octanol–water partition coefficient (Wildman–Crippen LogP) is 3.59. The van der Waals surface area contributed by atoms with Gasteiger partial charge >= 0.3 is 6.09 Å². The molecule has 2 aromatic rings. The Morgan fingerprint density at radius 2 is 1.96 bits per heavy atom. The first-order valence-corrected chi connectivity index (χ1v) is 7.22. The van der Waals surface area contributed by atoms with Gasteiger partial charge < -0.3 is 14.9 Å². The largest absolute Gasteiger partial charge is 0.505 e. The molecular formula is C17H18FNO4. The summed E-state index contributed by atoms with van der Waals surface area (Å²) < 4.78 is 18.8. The number of halogens is 1. The molecule has 3 N–H and O–H groups in total. The predicted molar refractivity (Wildman–Crippen MR) is 83.7 cm³/mol. The standard InChI is InChI=1S/C17H18FNO4/c18-14-11-12(8-9-15(14)21)16(7-4-10-20)23-17(22)19-13-5-2-1-3-6-13/h1-3,5-6,8-9,11,16,20-21H,4,7,10H2,(H,19,22)/t16-/m1/s1. The molecule has 0 heterocycles. The molecule has 5 nitrogen and oxygen atoms in total. The molecule has 0 bridgehead atoms. The van der Waals surface area contributed by atoms with E-state index in [-0.39, 0.29) is 6.61 Å². The van der Waals surface area contributed by atoms with Gasteiger partial charge in [0.15, 0.2) is 11.6 Å². The molecule has 0 aliphatic rings. The number of anilines is 1.